The Kier molecular flexibility index (Phi) is 5.43. The number of carbonyl (C=O) groups excluding carboxylic acids is 1. The molecule has 3 aromatic rings. The van der Waals surface area contributed by atoms with Crippen molar-refractivity contribution in [1.82, 2.24) is 20.2 Å². The first-order chi connectivity index (χ1) is 12.5. The average molecular weight is 350 g/mol. The SMILES string of the molecule is CN(C)CCCNC(=O)c1ccc(-c2cc(O)c3nccnc3c2)cc1. The predicted molar refractivity (Wildman–Crippen MR) is 102 cm³/mol. The molecule has 0 atom stereocenters. The third-order valence-electron chi connectivity index (χ3n) is 4.10. The maximum atomic E-state index is 12.2. The van der Waals surface area contributed by atoms with Crippen molar-refractivity contribution < 1.29 is 9.90 Å². The molecule has 1 aromatic heterocycles. The van der Waals surface area contributed by atoms with Crippen LogP contribution in [0.15, 0.2) is 48.8 Å². The lowest BCUT2D eigenvalue weighted by Crippen LogP contribution is -2.27. The van der Waals surface area contributed by atoms with Gasteiger partial charge in [0.2, 0.25) is 0 Å². The number of rotatable bonds is 6. The maximum absolute atomic E-state index is 12.2. The Morgan fingerprint density at radius 2 is 1.81 bits per heavy atom. The van der Waals surface area contributed by atoms with Crippen molar-refractivity contribution in [3.63, 3.8) is 0 Å². The van der Waals surface area contributed by atoms with Gasteiger partial charge in [-0.1, -0.05) is 12.1 Å². The van der Waals surface area contributed by atoms with Gasteiger partial charge >= 0.3 is 0 Å². The molecular formula is C20H22N4O2. The largest absolute Gasteiger partial charge is 0.506 e. The third-order valence-corrected chi connectivity index (χ3v) is 4.10. The van der Waals surface area contributed by atoms with Crippen LogP contribution in [0.5, 0.6) is 5.75 Å². The molecule has 2 N–H and O–H groups in total. The van der Waals surface area contributed by atoms with E-state index in [0.29, 0.717) is 23.1 Å². The molecule has 134 valence electrons. The highest BCUT2D eigenvalue weighted by Crippen LogP contribution is 2.29. The standard InChI is InChI=1S/C20H22N4O2/c1-24(2)11-3-8-23-20(26)15-6-4-14(5-7-15)16-12-17-19(18(25)13-16)22-10-9-21-17/h4-7,9-10,12-13,25H,3,8,11H2,1-2H3,(H,23,26). The number of nitrogens with zero attached hydrogens (tertiary/aromatic N) is 3. The van der Waals surface area contributed by atoms with Crippen LogP contribution in [0.2, 0.25) is 0 Å². The molecule has 1 heterocycles. The van der Waals surface area contributed by atoms with Gasteiger partial charge in [0.15, 0.2) is 0 Å². The van der Waals surface area contributed by atoms with Crippen LogP contribution in [0.25, 0.3) is 22.2 Å². The molecule has 2 aromatic carbocycles. The van der Waals surface area contributed by atoms with Crippen molar-refractivity contribution in [1.29, 1.82) is 0 Å². The summed E-state index contributed by atoms with van der Waals surface area (Å²) in [4.78, 5) is 22.6. The highest BCUT2D eigenvalue weighted by Gasteiger charge is 2.09. The Hall–Kier alpha value is -2.99. The van der Waals surface area contributed by atoms with E-state index in [1.807, 2.05) is 32.3 Å². The highest BCUT2D eigenvalue weighted by molar-refractivity contribution is 5.95. The molecule has 0 saturated carbocycles. The summed E-state index contributed by atoms with van der Waals surface area (Å²) in [5.74, 6) is 0.0100. The number of hydrogen-bond donors (Lipinski definition) is 2. The van der Waals surface area contributed by atoms with E-state index >= 15 is 0 Å². The second kappa shape index (κ2) is 7.93. The van der Waals surface area contributed by atoms with Gasteiger partial charge in [-0.05, 0) is 62.5 Å². The minimum atomic E-state index is -0.0810. The van der Waals surface area contributed by atoms with Gasteiger partial charge in [0.25, 0.3) is 5.91 Å². The number of aromatic hydroxyl groups is 1. The molecule has 0 unspecified atom stereocenters. The van der Waals surface area contributed by atoms with Crippen LogP contribution in [0.1, 0.15) is 16.8 Å². The normalized spacial score (nSPS) is 11.0. The number of fused-ring (bicyclic) bond motifs is 1. The van der Waals surface area contributed by atoms with Gasteiger partial charge in [0, 0.05) is 24.5 Å². The molecule has 0 aliphatic carbocycles. The van der Waals surface area contributed by atoms with Crippen LogP contribution in [-0.2, 0) is 0 Å². The Morgan fingerprint density at radius 3 is 2.54 bits per heavy atom. The summed E-state index contributed by atoms with van der Waals surface area (Å²) in [6.07, 6.45) is 4.05. The Balaban J connectivity index is 1.72. The molecule has 0 spiro atoms. The molecule has 0 radical (unpaired) electrons. The van der Waals surface area contributed by atoms with E-state index in [9.17, 15) is 9.90 Å². The van der Waals surface area contributed by atoms with Crippen molar-refractivity contribution in [2.24, 2.45) is 0 Å². The first-order valence-corrected chi connectivity index (χ1v) is 8.51. The molecule has 26 heavy (non-hydrogen) atoms. The zero-order chi connectivity index (χ0) is 18.5. The highest BCUT2D eigenvalue weighted by atomic mass is 16.3. The fourth-order valence-corrected chi connectivity index (χ4v) is 2.74. The molecule has 0 bridgehead atoms. The van der Waals surface area contributed by atoms with E-state index in [-0.39, 0.29) is 11.7 Å². The van der Waals surface area contributed by atoms with Gasteiger partial charge in [-0.15, -0.1) is 0 Å². The average Bonchev–Trinajstić information content (AvgIpc) is 2.65. The fourth-order valence-electron chi connectivity index (χ4n) is 2.74. The third kappa shape index (κ3) is 4.15. The zero-order valence-corrected chi connectivity index (χ0v) is 14.9. The molecule has 0 saturated heterocycles. The van der Waals surface area contributed by atoms with E-state index in [4.69, 9.17) is 0 Å². The molecule has 1 amide bonds. The van der Waals surface area contributed by atoms with E-state index in [2.05, 4.69) is 20.2 Å². The van der Waals surface area contributed by atoms with Crippen molar-refractivity contribution in [3.8, 4) is 16.9 Å². The number of hydrogen-bond acceptors (Lipinski definition) is 5. The predicted octanol–water partition coefficient (Wildman–Crippen LogP) is 2.68. The monoisotopic (exact) mass is 350 g/mol. The number of phenolic OH excluding ortho intramolecular Hbond substituents is 1. The number of amides is 1. The van der Waals surface area contributed by atoms with E-state index < -0.39 is 0 Å². The van der Waals surface area contributed by atoms with Gasteiger partial charge in [-0.3, -0.25) is 9.78 Å². The molecule has 0 aliphatic rings. The maximum Gasteiger partial charge on any atom is 0.251 e. The molecular weight excluding hydrogens is 328 g/mol. The lowest BCUT2D eigenvalue weighted by atomic mass is 10.0. The molecule has 0 aliphatic heterocycles. The quantitative estimate of drug-likeness (QED) is 0.668. The lowest BCUT2D eigenvalue weighted by Gasteiger charge is -2.10. The number of phenols is 1. The van der Waals surface area contributed by atoms with E-state index in [1.165, 1.54) is 0 Å². The Bertz CT molecular complexity index is 907. The van der Waals surface area contributed by atoms with Crippen molar-refractivity contribution in [2.75, 3.05) is 27.2 Å². The zero-order valence-electron chi connectivity index (χ0n) is 14.9. The summed E-state index contributed by atoms with van der Waals surface area (Å²) >= 11 is 0. The van der Waals surface area contributed by atoms with Crippen molar-refractivity contribution in [2.45, 2.75) is 6.42 Å². The Labute approximate surface area is 152 Å². The second-order valence-corrected chi connectivity index (χ2v) is 6.41. The summed E-state index contributed by atoms with van der Waals surface area (Å²) in [6, 6.07) is 10.8. The van der Waals surface area contributed by atoms with Crippen LogP contribution in [0.3, 0.4) is 0 Å². The Morgan fingerprint density at radius 1 is 1.08 bits per heavy atom. The smallest absolute Gasteiger partial charge is 0.251 e. The summed E-state index contributed by atoms with van der Waals surface area (Å²) in [7, 11) is 4.02. The molecule has 6 nitrogen and oxygen atoms in total. The first kappa shape index (κ1) is 17.8. The van der Waals surface area contributed by atoms with Crippen LogP contribution >= 0.6 is 0 Å². The van der Waals surface area contributed by atoms with Crippen molar-refractivity contribution >= 4 is 16.9 Å². The summed E-state index contributed by atoms with van der Waals surface area (Å²) in [5, 5.41) is 13.1. The number of nitrogens with one attached hydrogen (secondary N) is 1. The van der Waals surface area contributed by atoms with Crippen LogP contribution in [-0.4, -0.2) is 53.1 Å². The summed E-state index contributed by atoms with van der Waals surface area (Å²) < 4.78 is 0. The molecule has 6 heteroatoms. The number of carbonyl (C=O) groups is 1. The molecule has 3 rings (SSSR count). The van der Waals surface area contributed by atoms with Gasteiger partial charge in [0.1, 0.15) is 11.3 Å². The first-order valence-electron chi connectivity index (χ1n) is 8.51. The lowest BCUT2D eigenvalue weighted by molar-refractivity contribution is 0.0952. The van der Waals surface area contributed by atoms with E-state index in [1.54, 1.807) is 30.6 Å². The van der Waals surface area contributed by atoms with Crippen LogP contribution in [0.4, 0.5) is 0 Å². The van der Waals surface area contributed by atoms with Gasteiger partial charge < -0.3 is 15.3 Å². The minimum Gasteiger partial charge on any atom is -0.506 e. The van der Waals surface area contributed by atoms with Gasteiger partial charge in [-0.25, -0.2) is 4.98 Å². The molecule has 0 fully saturated rings. The second-order valence-electron chi connectivity index (χ2n) is 6.41. The number of benzene rings is 2. The van der Waals surface area contributed by atoms with Gasteiger partial charge in [0.05, 0.1) is 5.52 Å². The fraction of sp³-hybridized carbons (Fsp3) is 0.250. The van der Waals surface area contributed by atoms with Crippen molar-refractivity contribution in [3.05, 3.63) is 54.4 Å². The topological polar surface area (TPSA) is 78.4 Å². The summed E-state index contributed by atoms with van der Waals surface area (Å²) in [5.41, 5.74) is 3.45. The summed E-state index contributed by atoms with van der Waals surface area (Å²) in [6.45, 7) is 1.59. The number of aromatic nitrogens is 2. The van der Waals surface area contributed by atoms with E-state index in [0.717, 1.165) is 24.1 Å². The van der Waals surface area contributed by atoms with Crippen LogP contribution < -0.4 is 5.32 Å². The van der Waals surface area contributed by atoms with Crippen LogP contribution in [0, 0.1) is 0 Å². The minimum absolute atomic E-state index is 0.0810. The van der Waals surface area contributed by atoms with Gasteiger partial charge in [-0.2, -0.15) is 0 Å².